The summed E-state index contributed by atoms with van der Waals surface area (Å²) >= 11 is 0. The molecule has 3 aliphatic carbocycles. The summed E-state index contributed by atoms with van der Waals surface area (Å²) in [6.45, 7) is 1.26. The molecule has 11 heteroatoms. The van der Waals surface area contributed by atoms with Crippen molar-refractivity contribution in [2.24, 2.45) is 17.6 Å². The zero-order valence-electron chi connectivity index (χ0n) is 18.0. The number of amides is 1. The number of nitrogens with one attached hydrogen (secondary N) is 1. The molecule has 0 saturated heterocycles. The van der Waals surface area contributed by atoms with Crippen molar-refractivity contribution in [2.75, 3.05) is 14.1 Å². The number of aliphatic hydroxyl groups excluding tert-OH is 3. The lowest BCUT2D eigenvalue weighted by Crippen LogP contribution is -3.13. The van der Waals surface area contributed by atoms with Crippen LogP contribution in [0.1, 0.15) is 18.1 Å². The van der Waals surface area contributed by atoms with Gasteiger partial charge in [-0.3, -0.25) is 14.4 Å². The lowest BCUT2D eigenvalue weighted by molar-refractivity contribution is -0.881. The minimum Gasteiger partial charge on any atom is -0.508 e. The van der Waals surface area contributed by atoms with E-state index in [0.717, 1.165) is 0 Å². The second kappa shape index (κ2) is 6.87. The number of primary amides is 1. The number of Topliss-reactive ketones (excluding diaryl/α,β-unsaturated/α-hetero) is 2. The van der Waals surface area contributed by atoms with E-state index < -0.39 is 81.1 Å². The monoisotopic (exact) mass is 461 g/mol. The van der Waals surface area contributed by atoms with Crippen molar-refractivity contribution in [1.82, 2.24) is 0 Å². The zero-order valence-corrected chi connectivity index (χ0v) is 18.0. The van der Waals surface area contributed by atoms with Crippen LogP contribution in [0.3, 0.4) is 0 Å². The highest BCUT2D eigenvalue weighted by molar-refractivity contribution is 6.24. The van der Waals surface area contributed by atoms with Gasteiger partial charge in [0.15, 0.2) is 11.6 Å². The van der Waals surface area contributed by atoms with Gasteiger partial charge in [0.2, 0.25) is 11.6 Å². The maximum absolute atomic E-state index is 13.7. The van der Waals surface area contributed by atoms with Crippen molar-refractivity contribution in [3.8, 4) is 5.75 Å². The molecule has 0 aliphatic heterocycles. The van der Waals surface area contributed by atoms with Crippen LogP contribution in [0.4, 0.5) is 0 Å². The lowest BCUT2D eigenvalue weighted by Gasteiger charge is -2.54. The second-order valence-electron chi connectivity index (χ2n) is 9.21. The van der Waals surface area contributed by atoms with Gasteiger partial charge in [-0.15, -0.1) is 0 Å². The molecule has 9 N–H and O–H groups in total. The lowest BCUT2D eigenvalue weighted by atomic mass is 9.53. The first-order valence-electron chi connectivity index (χ1n) is 10.2. The topological polar surface area (TPSA) is 203 Å². The number of phenolic OH excluding ortho intramolecular Hbond substituents is 1. The van der Waals surface area contributed by atoms with Crippen LogP contribution in [0.25, 0.3) is 5.76 Å². The van der Waals surface area contributed by atoms with Crippen molar-refractivity contribution >= 4 is 23.2 Å². The number of hydrogen-bond donors (Lipinski definition) is 8. The van der Waals surface area contributed by atoms with Crippen LogP contribution in [0.15, 0.2) is 35.1 Å². The van der Waals surface area contributed by atoms with Crippen LogP contribution in [0, 0.1) is 11.8 Å². The Labute approximate surface area is 187 Å². The summed E-state index contributed by atoms with van der Waals surface area (Å²) in [5.41, 5.74) is -1.69. The molecule has 4 rings (SSSR count). The Bertz CT molecular complexity index is 1180. The fourth-order valence-corrected chi connectivity index (χ4v) is 5.69. The molecular formula is C22H25N2O9+. The highest BCUT2D eigenvalue weighted by Crippen LogP contribution is 2.56. The van der Waals surface area contributed by atoms with Gasteiger partial charge in [-0.05, 0) is 18.6 Å². The van der Waals surface area contributed by atoms with Gasteiger partial charge in [-0.1, -0.05) is 12.1 Å². The van der Waals surface area contributed by atoms with Gasteiger partial charge in [-0.25, -0.2) is 0 Å². The van der Waals surface area contributed by atoms with Gasteiger partial charge in [0.05, 0.1) is 48.8 Å². The molecule has 0 radical (unpaired) electrons. The predicted octanol–water partition coefficient (Wildman–Crippen LogP) is -2.82. The van der Waals surface area contributed by atoms with E-state index in [9.17, 15) is 45.0 Å². The largest absolute Gasteiger partial charge is 0.508 e. The summed E-state index contributed by atoms with van der Waals surface area (Å²) < 4.78 is 0. The highest BCUT2D eigenvalue weighted by Gasteiger charge is 2.71. The van der Waals surface area contributed by atoms with Gasteiger partial charge < -0.3 is 41.3 Å². The summed E-state index contributed by atoms with van der Waals surface area (Å²) in [4.78, 5) is 39.0. The molecule has 3 aliphatic rings. The Balaban J connectivity index is 2.11. The van der Waals surface area contributed by atoms with Crippen LogP contribution in [0.2, 0.25) is 0 Å². The zero-order chi connectivity index (χ0) is 24.8. The van der Waals surface area contributed by atoms with Crippen LogP contribution in [0.5, 0.6) is 5.75 Å². The first kappa shape index (κ1) is 22.9. The number of aliphatic hydroxyl groups is 5. The van der Waals surface area contributed by atoms with Crippen molar-refractivity contribution < 1.29 is 49.9 Å². The van der Waals surface area contributed by atoms with Crippen LogP contribution < -0.4 is 10.6 Å². The minimum absolute atomic E-state index is 0.0134. The van der Waals surface area contributed by atoms with E-state index >= 15 is 0 Å². The Hall–Kier alpha value is -3.25. The summed E-state index contributed by atoms with van der Waals surface area (Å²) in [6.07, 6.45) is -1.85. The van der Waals surface area contributed by atoms with E-state index in [-0.39, 0.29) is 11.1 Å². The molecule has 0 aromatic heterocycles. The third-order valence-corrected chi connectivity index (χ3v) is 7.13. The van der Waals surface area contributed by atoms with E-state index in [1.165, 1.54) is 39.2 Å². The van der Waals surface area contributed by atoms with Gasteiger partial charge in [0.25, 0.3) is 5.91 Å². The molecule has 1 saturated carbocycles. The second-order valence-corrected chi connectivity index (χ2v) is 9.21. The maximum Gasteiger partial charge on any atom is 0.256 e. The van der Waals surface area contributed by atoms with Gasteiger partial charge in [0, 0.05) is 0 Å². The summed E-state index contributed by atoms with van der Waals surface area (Å²) in [6, 6.07) is 2.60. The van der Waals surface area contributed by atoms with E-state index in [0.29, 0.717) is 4.90 Å². The Morgan fingerprint density at radius 2 is 1.73 bits per heavy atom. The molecule has 6 atom stereocenters. The van der Waals surface area contributed by atoms with E-state index in [2.05, 4.69) is 0 Å². The highest BCUT2D eigenvalue weighted by atomic mass is 16.4. The molecule has 0 heterocycles. The molecule has 1 aromatic rings. The Kier molecular flexibility index (Phi) is 4.78. The van der Waals surface area contributed by atoms with E-state index in [1.54, 1.807) is 0 Å². The number of aromatic hydroxyl groups is 1. The van der Waals surface area contributed by atoms with E-state index in [1.807, 2.05) is 0 Å². The standard InChI is InChI=1S/C22H24N2O9/c1-21(32)7-5-4-6-8(25)9(7)15(26)10-12(21)17(28)13-14(24(2)3)16(27)11(20(23)31)19(30)22(13,33)18(10)29/h4-6,12-14,17,25-26,28,30,32-33H,1-3H3,(H2,23,31)/p+1/t12-,13-,14+,17-,21-,22-/m1/s1. The third-order valence-electron chi connectivity index (χ3n) is 7.13. The van der Waals surface area contributed by atoms with Crippen LogP contribution >= 0.6 is 0 Å². The molecule has 0 bridgehead atoms. The SMILES string of the molecule is C[NH+](C)[C@@H]1C(=O)C(C(N)=O)=C(O)[C@]2(O)C(=O)C3=C(O)c4c(O)cccc4[C@@](C)(O)[C@H]3[C@@H](O)[C@@H]12. The number of phenols is 1. The number of hydrogen-bond acceptors (Lipinski definition) is 9. The number of carbonyl (C=O) groups excluding carboxylic acids is 3. The number of quaternary nitrogens is 1. The van der Waals surface area contributed by atoms with Crippen molar-refractivity contribution in [3.05, 3.63) is 46.2 Å². The molecular weight excluding hydrogens is 436 g/mol. The maximum atomic E-state index is 13.7. The molecule has 176 valence electrons. The summed E-state index contributed by atoms with van der Waals surface area (Å²) in [5.74, 6) is -9.53. The quantitative estimate of drug-likeness (QED) is 0.214. The van der Waals surface area contributed by atoms with Gasteiger partial charge in [0.1, 0.15) is 22.8 Å². The van der Waals surface area contributed by atoms with Gasteiger partial charge >= 0.3 is 0 Å². The number of rotatable bonds is 2. The summed E-state index contributed by atoms with van der Waals surface area (Å²) in [5, 5.41) is 66.4. The Morgan fingerprint density at radius 3 is 2.27 bits per heavy atom. The smallest absolute Gasteiger partial charge is 0.256 e. The average molecular weight is 461 g/mol. The number of benzene rings is 1. The minimum atomic E-state index is -3.00. The number of nitrogens with two attached hydrogens (primary N) is 1. The molecule has 33 heavy (non-hydrogen) atoms. The molecule has 0 unspecified atom stereocenters. The Morgan fingerprint density at radius 1 is 1.12 bits per heavy atom. The van der Waals surface area contributed by atoms with E-state index in [4.69, 9.17) is 5.73 Å². The first-order chi connectivity index (χ1) is 15.2. The number of ketones is 2. The molecule has 11 nitrogen and oxygen atoms in total. The average Bonchev–Trinajstić information content (AvgIpc) is 2.70. The fraction of sp³-hybridized carbons (Fsp3) is 0.409. The number of likely N-dealkylation sites (N-methyl/N-ethyl adjacent to an activating group) is 1. The van der Waals surface area contributed by atoms with Crippen molar-refractivity contribution in [1.29, 1.82) is 0 Å². The normalized spacial score (nSPS) is 36.0. The van der Waals surface area contributed by atoms with Gasteiger partial charge in [-0.2, -0.15) is 0 Å². The fourth-order valence-electron chi connectivity index (χ4n) is 5.69. The predicted molar refractivity (Wildman–Crippen MR) is 111 cm³/mol. The van der Waals surface area contributed by atoms with Crippen molar-refractivity contribution in [2.45, 2.75) is 30.3 Å². The molecule has 0 spiro atoms. The third kappa shape index (κ3) is 2.61. The van der Waals surface area contributed by atoms with Crippen molar-refractivity contribution in [3.63, 3.8) is 0 Å². The summed E-state index contributed by atoms with van der Waals surface area (Å²) in [7, 11) is 2.96. The van der Waals surface area contributed by atoms with Crippen LogP contribution in [-0.4, -0.2) is 80.0 Å². The molecule has 1 amide bonds. The number of carbonyl (C=O) groups is 3. The molecule has 1 fully saturated rings. The first-order valence-corrected chi connectivity index (χ1v) is 10.2. The van der Waals surface area contributed by atoms with Crippen LogP contribution in [-0.2, 0) is 20.0 Å². The molecule has 1 aromatic carbocycles. The number of fused-ring (bicyclic) bond motifs is 3.